The Balaban J connectivity index is 0.000000273. The fourth-order valence-corrected chi connectivity index (χ4v) is 1.82. The number of amides is 1. The number of hydrogen-bond acceptors (Lipinski definition) is 7. The van der Waals surface area contributed by atoms with Crippen LogP contribution >= 0.6 is 0 Å². The van der Waals surface area contributed by atoms with Crippen molar-refractivity contribution in [3.8, 4) is 11.5 Å². The highest BCUT2D eigenvalue weighted by atomic mass is 16.5. The van der Waals surface area contributed by atoms with Crippen LogP contribution in [0.3, 0.4) is 0 Å². The largest absolute Gasteiger partial charge is 0.507 e. The summed E-state index contributed by atoms with van der Waals surface area (Å²) < 4.78 is 4.45. The number of anilines is 2. The predicted molar refractivity (Wildman–Crippen MR) is 93.2 cm³/mol. The number of carboxylic acid groups (broad SMARTS) is 1. The molecule has 0 aromatic heterocycles. The molecule has 0 heterocycles. The van der Waals surface area contributed by atoms with Crippen molar-refractivity contribution in [2.75, 3.05) is 18.2 Å². The van der Waals surface area contributed by atoms with Crippen LogP contribution in [0.1, 0.15) is 27.6 Å². The Hall–Kier alpha value is -3.75. The van der Waals surface area contributed by atoms with Gasteiger partial charge in [-0.25, -0.2) is 9.59 Å². The minimum Gasteiger partial charge on any atom is -0.507 e. The molecule has 0 unspecified atom stereocenters. The van der Waals surface area contributed by atoms with Crippen LogP contribution in [0.25, 0.3) is 0 Å². The number of nitrogens with two attached hydrogens (primary N) is 1. The summed E-state index contributed by atoms with van der Waals surface area (Å²) >= 11 is 0. The van der Waals surface area contributed by atoms with Crippen molar-refractivity contribution in [3.63, 3.8) is 0 Å². The van der Waals surface area contributed by atoms with Crippen molar-refractivity contribution < 1.29 is 34.4 Å². The Bertz CT molecular complexity index is 834. The Labute approximate surface area is 148 Å². The Morgan fingerprint density at radius 1 is 1.00 bits per heavy atom. The summed E-state index contributed by atoms with van der Waals surface area (Å²) in [7, 11) is 1.23. The van der Waals surface area contributed by atoms with E-state index in [0.717, 1.165) is 0 Å². The minimum atomic E-state index is -1.16. The summed E-state index contributed by atoms with van der Waals surface area (Å²) in [5.41, 5.74) is 5.96. The molecular weight excluding hydrogens is 344 g/mol. The number of ether oxygens (including phenoxy) is 1. The number of carboxylic acids is 1. The van der Waals surface area contributed by atoms with Crippen LogP contribution in [0.15, 0.2) is 36.4 Å². The lowest BCUT2D eigenvalue weighted by Gasteiger charge is -2.05. The molecule has 0 saturated heterocycles. The van der Waals surface area contributed by atoms with Crippen LogP contribution in [0.4, 0.5) is 11.4 Å². The minimum absolute atomic E-state index is 0.0617. The van der Waals surface area contributed by atoms with E-state index in [9.17, 15) is 19.5 Å². The van der Waals surface area contributed by atoms with Gasteiger partial charge in [0.25, 0.3) is 0 Å². The first kappa shape index (κ1) is 20.3. The van der Waals surface area contributed by atoms with E-state index < -0.39 is 11.9 Å². The van der Waals surface area contributed by atoms with Gasteiger partial charge in [-0.3, -0.25) is 4.79 Å². The number of benzene rings is 2. The number of methoxy groups -OCH3 is 1. The fraction of sp³-hybridized carbons (Fsp3) is 0.118. The van der Waals surface area contributed by atoms with Gasteiger partial charge in [0.05, 0.1) is 7.11 Å². The lowest BCUT2D eigenvalue weighted by Crippen LogP contribution is -2.07. The highest BCUT2D eigenvalue weighted by molar-refractivity contribution is 5.94. The monoisotopic (exact) mass is 362 g/mol. The standard InChI is InChI=1S/C10H11NO4.C7H7NO3/c1-6(12)11-7-3-4-8(9(13)5-7)10(14)15-2;8-4-1-2-5(7(10)11)6(9)3-4/h3-5,13H,1-2H3,(H,11,12);1-3,9H,8H2,(H,10,11). The molecule has 0 saturated carbocycles. The Kier molecular flexibility index (Phi) is 6.97. The van der Waals surface area contributed by atoms with E-state index >= 15 is 0 Å². The molecule has 26 heavy (non-hydrogen) atoms. The molecule has 9 heteroatoms. The van der Waals surface area contributed by atoms with Crippen LogP contribution < -0.4 is 11.1 Å². The van der Waals surface area contributed by atoms with Gasteiger partial charge in [-0.2, -0.15) is 0 Å². The van der Waals surface area contributed by atoms with Crippen molar-refractivity contribution in [1.82, 2.24) is 0 Å². The van der Waals surface area contributed by atoms with Gasteiger partial charge in [-0.05, 0) is 24.3 Å². The SMILES string of the molecule is COC(=O)c1ccc(NC(C)=O)cc1O.Nc1ccc(C(=O)O)c(O)c1. The maximum atomic E-state index is 11.1. The van der Waals surface area contributed by atoms with Gasteiger partial charge in [-0.15, -0.1) is 0 Å². The molecule has 0 spiro atoms. The maximum Gasteiger partial charge on any atom is 0.341 e. The molecule has 0 bridgehead atoms. The molecule has 0 aliphatic carbocycles. The Morgan fingerprint density at radius 2 is 1.58 bits per heavy atom. The number of aromatic hydroxyl groups is 2. The smallest absolute Gasteiger partial charge is 0.341 e. The van der Waals surface area contributed by atoms with E-state index in [-0.39, 0.29) is 28.5 Å². The van der Waals surface area contributed by atoms with Crippen molar-refractivity contribution >= 4 is 29.2 Å². The van der Waals surface area contributed by atoms with Gasteiger partial charge >= 0.3 is 11.9 Å². The first-order valence-corrected chi connectivity index (χ1v) is 7.16. The first-order valence-electron chi connectivity index (χ1n) is 7.16. The van der Waals surface area contributed by atoms with Crippen LogP contribution in [-0.4, -0.2) is 40.3 Å². The van der Waals surface area contributed by atoms with Gasteiger partial charge in [0.15, 0.2) is 0 Å². The van der Waals surface area contributed by atoms with Gasteiger partial charge in [0.1, 0.15) is 22.6 Å². The number of phenolic OH excluding ortho intramolecular Hbond substituents is 1. The van der Waals surface area contributed by atoms with E-state index in [2.05, 4.69) is 10.1 Å². The highest BCUT2D eigenvalue weighted by Gasteiger charge is 2.11. The summed E-state index contributed by atoms with van der Waals surface area (Å²) in [5, 5.41) is 29.4. The van der Waals surface area contributed by atoms with E-state index in [1.165, 1.54) is 50.4 Å². The third kappa shape index (κ3) is 5.71. The molecule has 2 aromatic rings. The lowest BCUT2D eigenvalue weighted by atomic mass is 10.2. The number of nitrogens with one attached hydrogen (secondary N) is 1. The van der Waals surface area contributed by atoms with E-state index in [0.29, 0.717) is 11.4 Å². The third-order valence-electron chi connectivity index (χ3n) is 2.98. The molecule has 2 aromatic carbocycles. The molecule has 0 fully saturated rings. The molecule has 0 aliphatic rings. The Morgan fingerprint density at radius 3 is 2.04 bits per heavy atom. The number of carbonyl (C=O) groups excluding carboxylic acids is 2. The molecular formula is C17H18N2O7. The summed E-state index contributed by atoms with van der Waals surface area (Å²) in [6, 6.07) is 8.05. The van der Waals surface area contributed by atoms with Gasteiger partial charge in [-0.1, -0.05) is 0 Å². The second-order valence-electron chi connectivity index (χ2n) is 4.99. The van der Waals surface area contributed by atoms with Crippen molar-refractivity contribution in [2.24, 2.45) is 0 Å². The van der Waals surface area contributed by atoms with E-state index in [1.54, 1.807) is 0 Å². The summed E-state index contributed by atoms with van der Waals surface area (Å²) in [4.78, 5) is 32.1. The number of nitrogen functional groups attached to an aromatic ring is 1. The van der Waals surface area contributed by atoms with Crippen LogP contribution in [-0.2, 0) is 9.53 Å². The van der Waals surface area contributed by atoms with Crippen LogP contribution in [0.2, 0.25) is 0 Å². The zero-order valence-electron chi connectivity index (χ0n) is 14.0. The number of rotatable bonds is 3. The topological polar surface area (TPSA) is 159 Å². The first-order chi connectivity index (χ1) is 12.1. The third-order valence-corrected chi connectivity index (χ3v) is 2.98. The second kappa shape index (κ2) is 8.92. The highest BCUT2D eigenvalue weighted by Crippen LogP contribution is 2.22. The van der Waals surface area contributed by atoms with Crippen molar-refractivity contribution in [2.45, 2.75) is 6.92 Å². The average Bonchev–Trinajstić information content (AvgIpc) is 2.54. The van der Waals surface area contributed by atoms with Gasteiger partial charge in [0.2, 0.25) is 5.91 Å². The summed E-state index contributed by atoms with van der Waals surface area (Å²) in [6.45, 7) is 1.35. The van der Waals surface area contributed by atoms with Crippen molar-refractivity contribution in [3.05, 3.63) is 47.5 Å². The molecule has 138 valence electrons. The zero-order chi connectivity index (χ0) is 19.9. The number of aromatic carboxylic acids is 1. The van der Waals surface area contributed by atoms with Gasteiger partial charge < -0.3 is 31.1 Å². The lowest BCUT2D eigenvalue weighted by molar-refractivity contribution is -0.114. The van der Waals surface area contributed by atoms with Crippen LogP contribution in [0, 0.1) is 0 Å². The predicted octanol–water partition coefficient (Wildman–Crippen LogP) is 1.81. The molecule has 0 atom stereocenters. The molecule has 0 aliphatic heterocycles. The summed E-state index contributed by atoms with van der Waals surface area (Å²) in [6.07, 6.45) is 0. The summed E-state index contributed by atoms with van der Waals surface area (Å²) in [5.74, 6) is -2.57. The molecule has 2 rings (SSSR count). The fourth-order valence-electron chi connectivity index (χ4n) is 1.82. The van der Waals surface area contributed by atoms with E-state index in [4.69, 9.17) is 15.9 Å². The number of esters is 1. The maximum absolute atomic E-state index is 11.1. The van der Waals surface area contributed by atoms with Crippen LogP contribution in [0.5, 0.6) is 11.5 Å². The zero-order valence-corrected chi connectivity index (χ0v) is 14.0. The second-order valence-corrected chi connectivity index (χ2v) is 4.99. The van der Waals surface area contributed by atoms with E-state index in [1.807, 2.05) is 0 Å². The number of hydrogen-bond donors (Lipinski definition) is 5. The molecule has 9 nitrogen and oxygen atoms in total. The number of carbonyl (C=O) groups is 3. The van der Waals surface area contributed by atoms with Gasteiger partial charge in [0, 0.05) is 30.4 Å². The number of phenols is 2. The average molecular weight is 362 g/mol. The molecule has 6 N–H and O–H groups in total. The molecule has 0 radical (unpaired) electrons. The normalized spacial score (nSPS) is 9.46. The quantitative estimate of drug-likeness (QED) is 0.408. The van der Waals surface area contributed by atoms with Crippen molar-refractivity contribution in [1.29, 1.82) is 0 Å². The molecule has 1 amide bonds.